The highest BCUT2D eigenvalue weighted by molar-refractivity contribution is 5.81. The molecule has 0 saturated carbocycles. The van der Waals surface area contributed by atoms with Crippen molar-refractivity contribution in [1.82, 2.24) is 10.6 Å². The molecular formula is C32H38N2O6. The molecule has 0 radical (unpaired) electrons. The summed E-state index contributed by atoms with van der Waals surface area (Å²) in [6, 6.07) is 23.7. The smallest absolute Gasteiger partial charge is 0.408 e. The molecule has 0 saturated heterocycles. The van der Waals surface area contributed by atoms with Crippen LogP contribution < -0.4 is 10.6 Å². The topological polar surface area (TPSA) is 103 Å². The summed E-state index contributed by atoms with van der Waals surface area (Å²) < 4.78 is 16.4. The summed E-state index contributed by atoms with van der Waals surface area (Å²) in [7, 11) is 0. The molecule has 8 nitrogen and oxygen atoms in total. The van der Waals surface area contributed by atoms with Gasteiger partial charge >= 0.3 is 12.1 Å². The zero-order valence-corrected chi connectivity index (χ0v) is 23.6. The fourth-order valence-electron chi connectivity index (χ4n) is 3.65. The van der Waals surface area contributed by atoms with Crippen molar-refractivity contribution in [3.05, 3.63) is 107 Å². The SMILES string of the molecule is Cc1ccc(CNC(=O)Cc2ccc(COC(=O)[C@@H](COCc3ccccc3)NC(=O)OC(C)(C)C)cc2)cc1. The maximum Gasteiger partial charge on any atom is 0.408 e. The van der Waals surface area contributed by atoms with Crippen LogP contribution >= 0.6 is 0 Å². The number of carbonyl (C=O) groups excluding carboxylic acids is 3. The van der Waals surface area contributed by atoms with Crippen molar-refractivity contribution in [2.75, 3.05) is 6.61 Å². The van der Waals surface area contributed by atoms with Gasteiger partial charge in [-0.2, -0.15) is 0 Å². The molecule has 1 atom stereocenters. The van der Waals surface area contributed by atoms with E-state index in [9.17, 15) is 14.4 Å². The number of nitrogens with one attached hydrogen (secondary N) is 2. The summed E-state index contributed by atoms with van der Waals surface area (Å²) in [5, 5.41) is 5.47. The van der Waals surface area contributed by atoms with Crippen LogP contribution in [0.4, 0.5) is 4.79 Å². The Hall–Kier alpha value is -4.17. The van der Waals surface area contributed by atoms with Gasteiger partial charge < -0.3 is 24.8 Å². The number of aryl methyl sites for hydroxylation is 1. The first-order chi connectivity index (χ1) is 19.1. The third-order valence-electron chi connectivity index (χ3n) is 5.75. The molecule has 0 aliphatic heterocycles. The summed E-state index contributed by atoms with van der Waals surface area (Å²) in [6.07, 6.45) is -0.491. The third-order valence-corrected chi connectivity index (χ3v) is 5.75. The van der Waals surface area contributed by atoms with Crippen LogP contribution in [0.1, 0.15) is 48.6 Å². The number of benzene rings is 3. The number of alkyl carbamates (subject to hydrolysis) is 1. The lowest BCUT2D eigenvalue weighted by atomic mass is 10.1. The van der Waals surface area contributed by atoms with E-state index in [4.69, 9.17) is 14.2 Å². The Kier molecular flexibility index (Phi) is 11.3. The molecule has 3 aromatic rings. The first-order valence-corrected chi connectivity index (χ1v) is 13.3. The van der Waals surface area contributed by atoms with E-state index in [1.165, 1.54) is 5.56 Å². The highest BCUT2D eigenvalue weighted by atomic mass is 16.6. The quantitative estimate of drug-likeness (QED) is 0.310. The zero-order chi connectivity index (χ0) is 29.0. The van der Waals surface area contributed by atoms with Crippen LogP contribution in [-0.2, 0) is 50.0 Å². The maximum atomic E-state index is 12.9. The predicted octanol–water partition coefficient (Wildman–Crippen LogP) is 5.01. The van der Waals surface area contributed by atoms with Crippen molar-refractivity contribution in [3.8, 4) is 0 Å². The molecule has 0 aromatic heterocycles. The van der Waals surface area contributed by atoms with Crippen LogP contribution in [0.25, 0.3) is 0 Å². The second-order valence-corrected chi connectivity index (χ2v) is 10.6. The van der Waals surface area contributed by atoms with Crippen LogP contribution in [0.15, 0.2) is 78.9 Å². The number of hydrogen-bond donors (Lipinski definition) is 2. The van der Waals surface area contributed by atoms with E-state index in [1.807, 2.05) is 73.7 Å². The van der Waals surface area contributed by atoms with Crippen LogP contribution in [0.2, 0.25) is 0 Å². The Morgan fingerprint density at radius 2 is 1.38 bits per heavy atom. The van der Waals surface area contributed by atoms with E-state index in [1.54, 1.807) is 32.9 Å². The van der Waals surface area contributed by atoms with Gasteiger partial charge in [-0.25, -0.2) is 9.59 Å². The van der Waals surface area contributed by atoms with Gasteiger partial charge in [-0.05, 0) is 49.9 Å². The molecular weight excluding hydrogens is 508 g/mol. The summed E-state index contributed by atoms with van der Waals surface area (Å²) in [5.74, 6) is -0.718. The first-order valence-electron chi connectivity index (χ1n) is 13.3. The van der Waals surface area contributed by atoms with Gasteiger partial charge in [0, 0.05) is 6.54 Å². The fraction of sp³-hybridized carbons (Fsp3) is 0.344. The predicted molar refractivity (Wildman–Crippen MR) is 152 cm³/mol. The van der Waals surface area contributed by atoms with Crippen molar-refractivity contribution in [3.63, 3.8) is 0 Å². The molecule has 8 heteroatoms. The molecule has 0 fully saturated rings. The molecule has 2 amide bonds. The van der Waals surface area contributed by atoms with Gasteiger partial charge in [0.1, 0.15) is 12.2 Å². The molecule has 0 bridgehead atoms. The highest BCUT2D eigenvalue weighted by Crippen LogP contribution is 2.10. The normalized spacial score (nSPS) is 11.8. The Morgan fingerprint density at radius 1 is 0.775 bits per heavy atom. The van der Waals surface area contributed by atoms with Crippen molar-refractivity contribution < 1.29 is 28.6 Å². The standard InChI is InChI=1S/C32H38N2O6/c1-23-10-12-25(13-11-23)19-33-29(35)18-24-14-16-27(17-15-24)21-39-30(36)28(34-31(37)40-32(2,3)4)22-38-20-26-8-6-5-7-9-26/h5-17,28H,18-22H2,1-4H3,(H,33,35)(H,34,37)/t28-/m1/s1. The average molecular weight is 547 g/mol. The van der Waals surface area contributed by atoms with Crippen molar-refractivity contribution in [2.24, 2.45) is 0 Å². The summed E-state index contributed by atoms with van der Waals surface area (Å²) >= 11 is 0. The molecule has 0 spiro atoms. The maximum absolute atomic E-state index is 12.9. The molecule has 40 heavy (non-hydrogen) atoms. The number of rotatable bonds is 12. The fourth-order valence-corrected chi connectivity index (χ4v) is 3.65. The Labute approximate surface area is 236 Å². The monoisotopic (exact) mass is 546 g/mol. The Bertz CT molecular complexity index is 1240. The minimum absolute atomic E-state index is 0.00389. The van der Waals surface area contributed by atoms with Crippen molar-refractivity contribution in [2.45, 2.75) is 65.5 Å². The van der Waals surface area contributed by atoms with Gasteiger partial charge in [-0.1, -0.05) is 84.4 Å². The largest absolute Gasteiger partial charge is 0.459 e. The van der Waals surface area contributed by atoms with Gasteiger partial charge in [-0.3, -0.25) is 4.79 Å². The average Bonchev–Trinajstić information content (AvgIpc) is 2.91. The van der Waals surface area contributed by atoms with E-state index in [-0.39, 0.29) is 32.1 Å². The number of amides is 2. The lowest BCUT2D eigenvalue weighted by molar-refractivity contribution is -0.149. The van der Waals surface area contributed by atoms with Gasteiger partial charge in [0.05, 0.1) is 19.6 Å². The van der Waals surface area contributed by atoms with Crippen molar-refractivity contribution in [1.29, 1.82) is 0 Å². The lowest BCUT2D eigenvalue weighted by Crippen LogP contribution is -2.46. The summed E-state index contributed by atoms with van der Waals surface area (Å²) in [5.41, 5.74) is 4.03. The Balaban J connectivity index is 1.49. The minimum atomic E-state index is -1.05. The van der Waals surface area contributed by atoms with E-state index in [2.05, 4.69) is 10.6 Å². The summed E-state index contributed by atoms with van der Waals surface area (Å²) in [4.78, 5) is 37.5. The zero-order valence-electron chi connectivity index (χ0n) is 23.6. The molecule has 2 N–H and O–H groups in total. The van der Waals surface area contributed by atoms with Gasteiger partial charge in [0.2, 0.25) is 5.91 Å². The van der Waals surface area contributed by atoms with Crippen LogP contribution in [0.5, 0.6) is 0 Å². The molecule has 0 aliphatic carbocycles. The molecule has 3 rings (SSSR count). The van der Waals surface area contributed by atoms with Crippen LogP contribution in [0, 0.1) is 6.92 Å². The minimum Gasteiger partial charge on any atom is -0.459 e. The van der Waals surface area contributed by atoms with E-state index < -0.39 is 23.7 Å². The second-order valence-electron chi connectivity index (χ2n) is 10.6. The summed E-state index contributed by atoms with van der Waals surface area (Å²) in [6.45, 7) is 7.91. The molecule has 0 unspecified atom stereocenters. The molecule has 0 heterocycles. The van der Waals surface area contributed by atoms with Crippen LogP contribution in [-0.4, -0.2) is 36.2 Å². The highest BCUT2D eigenvalue weighted by Gasteiger charge is 2.26. The number of ether oxygens (including phenoxy) is 3. The van der Waals surface area contributed by atoms with E-state index >= 15 is 0 Å². The number of hydrogen-bond acceptors (Lipinski definition) is 6. The van der Waals surface area contributed by atoms with Crippen LogP contribution in [0.3, 0.4) is 0 Å². The van der Waals surface area contributed by atoms with Gasteiger partial charge in [-0.15, -0.1) is 0 Å². The van der Waals surface area contributed by atoms with E-state index in [0.717, 1.165) is 22.3 Å². The lowest BCUT2D eigenvalue weighted by Gasteiger charge is -2.23. The van der Waals surface area contributed by atoms with Crippen molar-refractivity contribution >= 4 is 18.0 Å². The van der Waals surface area contributed by atoms with Gasteiger partial charge in [0.15, 0.2) is 6.04 Å². The van der Waals surface area contributed by atoms with Gasteiger partial charge in [0.25, 0.3) is 0 Å². The first kappa shape index (κ1) is 30.4. The molecule has 3 aromatic carbocycles. The molecule has 0 aliphatic rings. The Morgan fingerprint density at radius 3 is 2.02 bits per heavy atom. The van der Waals surface area contributed by atoms with E-state index in [0.29, 0.717) is 6.54 Å². The third kappa shape index (κ3) is 11.3. The number of esters is 1. The number of carbonyl (C=O) groups is 3. The second kappa shape index (κ2) is 14.8. The molecule has 212 valence electrons.